The molecule has 0 unspecified atom stereocenters. The summed E-state index contributed by atoms with van der Waals surface area (Å²) in [5.74, 6) is -0.504. The van der Waals surface area contributed by atoms with E-state index in [-0.39, 0.29) is 37.7 Å². The number of halogens is 2. The van der Waals surface area contributed by atoms with Crippen molar-refractivity contribution in [1.82, 2.24) is 10.2 Å². The van der Waals surface area contributed by atoms with Crippen LogP contribution in [-0.2, 0) is 26.2 Å². The van der Waals surface area contributed by atoms with Crippen LogP contribution in [0.15, 0.2) is 48.5 Å². The molecule has 0 saturated heterocycles. The lowest BCUT2D eigenvalue weighted by Crippen LogP contribution is -2.49. The van der Waals surface area contributed by atoms with E-state index >= 15 is 0 Å². The van der Waals surface area contributed by atoms with Gasteiger partial charge in [-0.1, -0.05) is 54.4 Å². The van der Waals surface area contributed by atoms with Crippen LogP contribution in [-0.4, -0.2) is 50.5 Å². The van der Waals surface area contributed by atoms with Crippen molar-refractivity contribution in [3.8, 4) is 0 Å². The van der Waals surface area contributed by atoms with Gasteiger partial charge in [0, 0.05) is 36.1 Å². The Hall–Kier alpha value is -2.29. The highest BCUT2D eigenvalue weighted by Gasteiger charge is 2.29. The number of sulfonamides is 1. The Bertz CT molecular complexity index is 1080. The Labute approximate surface area is 212 Å². The molecule has 1 N–H and O–H groups in total. The number of hydrogen-bond acceptors (Lipinski definition) is 4. The minimum Gasteiger partial charge on any atom is -0.355 e. The average molecular weight is 529 g/mol. The Balaban J connectivity index is 2.22. The van der Waals surface area contributed by atoms with Gasteiger partial charge in [0.15, 0.2) is 0 Å². The van der Waals surface area contributed by atoms with Crippen molar-refractivity contribution in [2.75, 3.05) is 23.7 Å². The number of carbonyl (C=O) groups excluding carboxylic acids is 2. The summed E-state index contributed by atoms with van der Waals surface area (Å²) < 4.78 is 25.9. The SMILES string of the molecule is CCNC(=O)[C@@H](CC)N(Cc1ccc(Cl)cc1Cl)C(=O)CCCN(c1ccccc1)S(C)(=O)=O. The van der Waals surface area contributed by atoms with Gasteiger partial charge in [0.25, 0.3) is 0 Å². The molecule has 2 rings (SSSR count). The van der Waals surface area contributed by atoms with Gasteiger partial charge in [0.1, 0.15) is 6.04 Å². The molecule has 0 aliphatic rings. The number of rotatable bonds is 12. The standard InChI is InChI=1S/C24H31Cl2N3O4S/c1-4-22(24(31)27-5-2)28(17-18-13-14-19(25)16-21(18)26)23(30)12-9-15-29(34(3,32)33)20-10-7-6-8-11-20/h6-8,10-11,13-14,16,22H,4-5,9,12,15,17H2,1-3H3,(H,27,31)/t22-/m1/s1. The van der Waals surface area contributed by atoms with Crippen LogP contribution in [0, 0.1) is 0 Å². The van der Waals surface area contributed by atoms with Crippen LogP contribution in [0.25, 0.3) is 0 Å². The lowest BCUT2D eigenvalue weighted by Gasteiger charge is -2.31. The molecular formula is C24H31Cl2N3O4S. The van der Waals surface area contributed by atoms with E-state index in [2.05, 4.69) is 5.32 Å². The predicted molar refractivity (Wildman–Crippen MR) is 138 cm³/mol. The van der Waals surface area contributed by atoms with E-state index in [4.69, 9.17) is 23.2 Å². The van der Waals surface area contributed by atoms with Crippen molar-refractivity contribution >= 4 is 50.7 Å². The fraction of sp³-hybridized carbons (Fsp3) is 0.417. The van der Waals surface area contributed by atoms with Gasteiger partial charge >= 0.3 is 0 Å². The Morgan fingerprint density at radius 2 is 1.74 bits per heavy atom. The molecule has 0 saturated carbocycles. The molecular weight excluding hydrogens is 497 g/mol. The summed E-state index contributed by atoms with van der Waals surface area (Å²) in [4.78, 5) is 27.5. The van der Waals surface area contributed by atoms with E-state index in [0.717, 1.165) is 6.26 Å². The van der Waals surface area contributed by atoms with Crippen LogP contribution in [0.1, 0.15) is 38.7 Å². The molecule has 7 nitrogen and oxygen atoms in total. The molecule has 0 fully saturated rings. The zero-order valence-corrected chi connectivity index (χ0v) is 22.0. The summed E-state index contributed by atoms with van der Waals surface area (Å²) in [5, 5.41) is 3.66. The van der Waals surface area contributed by atoms with Gasteiger partial charge in [0.05, 0.1) is 11.9 Å². The fourth-order valence-electron chi connectivity index (χ4n) is 3.64. The fourth-order valence-corrected chi connectivity index (χ4v) is 5.08. The number of nitrogens with one attached hydrogen (secondary N) is 1. The molecule has 0 aliphatic heterocycles. The summed E-state index contributed by atoms with van der Waals surface area (Å²) in [7, 11) is -3.52. The topological polar surface area (TPSA) is 86.8 Å². The van der Waals surface area contributed by atoms with E-state index < -0.39 is 16.1 Å². The zero-order valence-electron chi connectivity index (χ0n) is 19.6. The summed E-state index contributed by atoms with van der Waals surface area (Å²) in [6.45, 7) is 4.38. The van der Waals surface area contributed by atoms with Crippen molar-refractivity contribution in [3.05, 3.63) is 64.1 Å². The smallest absolute Gasteiger partial charge is 0.242 e. The van der Waals surface area contributed by atoms with E-state index in [1.807, 2.05) is 13.8 Å². The van der Waals surface area contributed by atoms with Crippen molar-refractivity contribution in [1.29, 1.82) is 0 Å². The van der Waals surface area contributed by atoms with Crippen LogP contribution >= 0.6 is 23.2 Å². The second kappa shape index (κ2) is 13.0. The molecule has 2 aromatic carbocycles. The highest BCUT2D eigenvalue weighted by atomic mass is 35.5. The summed E-state index contributed by atoms with van der Waals surface area (Å²) in [6.07, 6.45) is 1.92. The normalized spacial score (nSPS) is 12.1. The van der Waals surface area contributed by atoms with E-state index in [1.54, 1.807) is 48.5 Å². The molecule has 1 atom stereocenters. The third kappa shape index (κ3) is 7.89. The molecule has 0 aromatic heterocycles. The number of amides is 2. The number of para-hydroxylation sites is 1. The highest BCUT2D eigenvalue weighted by molar-refractivity contribution is 7.92. The highest BCUT2D eigenvalue weighted by Crippen LogP contribution is 2.24. The van der Waals surface area contributed by atoms with E-state index in [1.165, 1.54) is 9.21 Å². The van der Waals surface area contributed by atoms with Gasteiger partial charge in [-0.15, -0.1) is 0 Å². The minimum absolute atomic E-state index is 0.0694. The Kier molecular flexibility index (Phi) is 10.7. The third-order valence-corrected chi connectivity index (χ3v) is 7.07. The van der Waals surface area contributed by atoms with Crippen LogP contribution in [0.3, 0.4) is 0 Å². The number of anilines is 1. The Morgan fingerprint density at radius 3 is 2.29 bits per heavy atom. The second-order valence-electron chi connectivity index (χ2n) is 7.85. The molecule has 0 radical (unpaired) electrons. The molecule has 34 heavy (non-hydrogen) atoms. The zero-order chi connectivity index (χ0) is 25.3. The third-order valence-electron chi connectivity index (χ3n) is 5.29. The number of benzene rings is 2. The van der Waals surface area contributed by atoms with Gasteiger partial charge in [-0.05, 0) is 49.6 Å². The van der Waals surface area contributed by atoms with E-state index in [9.17, 15) is 18.0 Å². The molecule has 2 aromatic rings. The lowest BCUT2D eigenvalue weighted by atomic mass is 10.1. The van der Waals surface area contributed by atoms with Gasteiger partial charge < -0.3 is 10.2 Å². The van der Waals surface area contributed by atoms with E-state index in [0.29, 0.717) is 34.3 Å². The first kappa shape index (κ1) is 28.0. The number of nitrogens with zero attached hydrogens (tertiary/aromatic N) is 2. The van der Waals surface area contributed by atoms with Gasteiger partial charge in [-0.3, -0.25) is 13.9 Å². The van der Waals surface area contributed by atoms with Crippen molar-refractivity contribution in [2.24, 2.45) is 0 Å². The van der Waals surface area contributed by atoms with Crippen LogP contribution < -0.4 is 9.62 Å². The van der Waals surface area contributed by atoms with Gasteiger partial charge in [-0.2, -0.15) is 0 Å². The first-order chi connectivity index (χ1) is 16.1. The monoisotopic (exact) mass is 527 g/mol. The van der Waals surface area contributed by atoms with Crippen LogP contribution in [0.5, 0.6) is 0 Å². The largest absolute Gasteiger partial charge is 0.355 e. The average Bonchev–Trinajstić information content (AvgIpc) is 2.77. The summed E-state index contributed by atoms with van der Waals surface area (Å²) >= 11 is 12.3. The molecule has 2 amide bonds. The van der Waals surface area contributed by atoms with Crippen LogP contribution in [0.4, 0.5) is 5.69 Å². The maximum absolute atomic E-state index is 13.3. The summed E-state index contributed by atoms with van der Waals surface area (Å²) in [5.41, 5.74) is 1.21. The van der Waals surface area contributed by atoms with Gasteiger partial charge in [0.2, 0.25) is 21.8 Å². The molecule has 10 heteroatoms. The minimum atomic E-state index is -3.52. The first-order valence-corrected chi connectivity index (χ1v) is 13.7. The molecule has 0 bridgehead atoms. The quantitative estimate of drug-likeness (QED) is 0.440. The molecule has 0 spiro atoms. The van der Waals surface area contributed by atoms with Crippen LogP contribution in [0.2, 0.25) is 10.0 Å². The number of carbonyl (C=O) groups is 2. The predicted octanol–water partition coefficient (Wildman–Crippen LogP) is 4.48. The number of hydrogen-bond donors (Lipinski definition) is 1. The summed E-state index contributed by atoms with van der Waals surface area (Å²) in [6, 6.07) is 13.1. The Morgan fingerprint density at radius 1 is 1.06 bits per heavy atom. The van der Waals surface area contributed by atoms with Crippen molar-refractivity contribution in [3.63, 3.8) is 0 Å². The van der Waals surface area contributed by atoms with Crippen molar-refractivity contribution < 1.29 is 18.0 Å². The first-order valence-electron chi connectivity index (χ1n) is 11.1. The maximum atomic E-state index is 13.3. The van der Waals surface area contributed by atoms with Crippen molar-refractivity contribution in [2.45, 2.75) is 45.7 Å². The van der Waals surface area contributed by atoms with Gasteiger partial charge in [-0.25, -0.2) is 8.42 Å². The molecule has 0 heterocycles. The molecule has 0 aliphatic carbocycles. The molecule has 186 valence electrons. The lowest BCUT2D eigenvalue weighted by molar-refractivity contribution is -0.141. The maximum Gasteiger partial charge on any atom is 0.242 e. The number of likely N-dealkylation sites (N-methyl/N-ethyl adjacent to an activating group) is 1. The second-order valence-corrected chi connectivity index (χ2v) is 10.6.